The van der Waals surface area contributed by atoms with Gasteiger partial charge in [0.15, 0.2) is 0 Å². The van der Waals surface area contributed by atoms with Crippen molar-refractivity contribution in [1.82, 2.24) is 3.53 Å². The molecule has 0 rings (SSSR count). The minimum Gasteiger partial charge on any atom is -0.330 e. The molecule has 0 aliphatic rings. The number of halogens is 2. The first-order chi connectivity index (χ1) is 5.22. The van der Waals surface area contributed by atoms with Gasteiger partial charge in [0.1, 0.15) is 0 Å². The smallest absolute Gasteiger partial charge is 0.209 e. The van der Waals surface area contributed by atoms with Crippen molar-refractivity contribution in [2.75, 3.05) is 6.54 Å². The zero-order valence-corrected chi connectivity index (χ0v) is 10.5. The van der Waals surface area contributed by atoms with Crippen LogP contribution in [-0.4, -0.2) is 16.4 Å². The van der Waals surface area contributed by atoms with E-state index in [1.54, 1.807) is 0 Å². The Kier molecular flexibility index (Phi) is 8.42. The predicted octanol–water partition coefficient (Wildman–Crippen LogP) is 1.39. The van der Waals surface area contributed by atoms with E-state index in [0.717, 1.165) is 19.3 Å². The lowest BCUT2D eigenvalue weighted by atomic mass is 10.1. The van der Waals surface area contributed by atoms with Crippen LogP contribution in [0.25, 0.3) is 0 Å². The average molecular weight is 382 g/mol. The number of hydrogen-bond donors (Lipinski definition) is 2. The van der Waals surface area contributed by atoms with Gasteiger partial charge in [0.05, 0.1) is 6.04 Å². The minimum absolute atomic E-state index is 0.00255. The molecule has 0 aliphatic heterocycles. The molecule has 0 aromatic carbocycles. The third-order valence-electron chi connectivity index (χ3n) is 1.35. The Bertz CT molecular complexity index is 121. The van der Waals surface area contributed by atoms with E-state index < -0.39 is 0 Å². The third kappa shape index (κ3) is 6.23. The fraction of sp³-hybridized carbons (Fsp3) is 0.833. The maximum Gasteiger partial charge on any atom is 0.209 e. The Balaban J connectivity index is 3.44. The predicted molar refractivity (Wildman–Crippen MR) is 62.9 cm³/mol. The second-order valence-corrected chi connectivity index (χ2v) is 3.94. The molecule has 0 unspecified atom stereocenters. The summed E-state index contributed by atoms with van der Waals surface area (Å²) in [6.45, 7) is 0.712. The van der Waals surface area contributed by atoms with Crippen molar-refractivity contribution in [2.24, 2.45) is 5.73 Å². The van der Waals surface area contributed by atoms with Crippen molar-refractivity contribution in [2.45, 2.75) is 25.3 Å². The maximum atomic E-state index is 10.9. The van der Waals surface area contributed by atoms with Crippen molar-refractivity contribution in [3.8, 4) is 0 Å². The molecule has 0 aromatic rings. The molecule has 0 spiro atoms. The Morgan fingerprint density at radius 1 is 1.55 bits per heavy atom. The van der Waals surface area contributed by atoms with Gasteiger partial charge in [0.25, 0.3) is 0 Å². The lowest BCUT2D eigenvalue weighted by Gasteiger charge is -2.08. The number of carbonyl (C=O) groups is 1. The Morgan fingerprint density at radius 3 is 2.55 bits per heavy atom. The highest BCUT2D eigenvalue weighted by Crippen LogP contribution is 2.06. The van der Waals surface area contributed by atoms with E-state index in [2.05, 4.69) is 3.53 Å². The van der Waals surface area contributed by atoms with Crippen molar-refractivity contribution in [3.05, 3.63) is 0 Å². The summed E-state index contributed by atoms with van der Waals surface area (Å²) in [5.74, 6) is 0. The fourth-order valence-corrected chi connectivity index (χ4v) is 2.36. The van der Waals surface area contributed by atoms with Crippen LogP contribution in [0.5, 0.6) is 0 Å². The van der Waals surface area contributed by atoms with Gasteiger partial charge in [0.2, 0.25) is 3.79 Å². The molecule has 1 atom stereocenters. The molecule has 66 valence electrons. The summed E-state index contributed by atoms with van der Waals surface area (Å²) in [7, 11) is 0. The normalized spacial score (nSPS) is 13.0. The minimum atomic E-state index is 0.00255. The topological polar surface area (TPSA) is 55.1 Å². The van der Waals surface area contributed by atoms with Gasteiger partial charge in [-0.1, -0.05) is 6.42 Å². The maximum absolute atomic E-state index is 10.9. The second kappa shape index (κ2) is 7.69. The first-order valence-corrected chi connectivity index (χ1v) is 5.63. The summed E-state index contributed by atoms with van der Waals surface area (Å²) >= 11 is 3.83. The second-order valence-electron chi connectivity index (χ2n) is 2.25. The lowest BCUT2D eigenvalue weighted by Crippen LogP contribution is -2.26. The summed E-state index contributed by atoms with van der Waals surface area (Å²) in [5.41, 5.74) is 5.32. The van der Waals surface area contributed by atoms with Crippen LogP contribution in [0.4, 0.5) is 0 Å². The van der Waals surface area contributed by atoms with Crippen molar-refractivity contribution in [3.63, 3.8) is 0 Å². The average Bonchev–Trinajstić information content (AvgIpc) is 1.97. The van der Waals surface area contributed by atoms with Crippen LogP contribution in [0.15, 0.2) is 0 Å². The summed E-state index contributed by atoms with van der Waals surface area (Å²) in [6.07, 6.45) is 2.91. The van der Waals surface area contributed by atoms with Crippen LogP contribution in [0.2, 0.25) is 0 Å². The Morgan fingerprint density at radius 2 is 2.18 bits per heavy atom. The van der Waals surface area contributed by atoms with Crippen LogP contribution in [0, 0.1) is 0 Å². The summed E-state index contributed by atoms with van der Waals surface area (Å²) in [4.78, 5) is 10.9. The molecule has 5 heteroatoms. The first kappa shape index (κ1) is 12.0. The Labute approximate surface area is 94.5 Å². The fourth-order valence-electron chi connectivity index (χ4n) is 0.704. The van der Waals surface area contributed by atoms with Crippen LogP contribution >= 0.6 is 45.5 Å². The van der Waals surface area contributed by atoms with E-state index in [1.807, 2.05) is 45.5 Å². The van der Waals surface area contributed by atoms with Crippen LogP contribution in [0.3, 0.4) is 0 Å². The van der Waals surface area contributed by atoms with Gasteiger partial charge < -0.3 is 5.73 Å². The zero-order valence-electron chi connectivity index (χ0n) is 6.15. The SMILES string of the molecule is NCCCC[C@H](NI)C(=O)I. The van der Waals surface area contributed by atoms with Gasteiger partial charge >= 0.3 is 0 Å². The zero-order chi connectivity index (χ0) is 8.69. The molecule has 3 nitrogen and oxygen atoms in total. The van der Waals surface area contributed by atoms with Gasteiger partial charge in [0, 0.05) is 45.5 Å². The molecule has 0 radical (unpaired) electrons. The molecule has 0 aliphatic carbocycles. The molecule has 3 N–H and O–H groups in total. The molecule has 0 saturated heterocycles. The lowest BCUT2D eigenvalue weighted by molar-refractivity contribution is -0.110. The molecular weight excluding hydrogens is 370 g/mol. The van der Waals surface area contributed by atoms with E-state index in [4.69, 9.17) is 5.73 Å². The largest absolute Gasteiger partial charge is 0.330 e. The van der Waals surface area contributed by atoms with Crippen molar-refractivity contribution in [1.29, 1.82) is 0 Å². The molecule has 0 saturated carbocycles. The first-order valence-electron chi connectivity index (χ1n) is 3.48. The molecule has 0 bridgehead atoms. The number of unbranched alkanes of at least 4 members (excludes halogenated alkanes) is 1. The van der Waals surface area contributed by atoms with Gasteiger partial charge in [-0.2, -0.15) is 0 Å². The molecule has 0 amide bonds. The van der Waals surface area contributed by atoms with Gasteiger partial charge in [-0.15, -0.1) is 0 Å². The number of nitrogens with two attached hydrogens (primary N) is 1. The third-order valence-corrected chi connectivity index (χ3v) is 2.86. The standard InChI is InChI=1S/C6H12I2N2O/c7-6(11)5(10-8)3-1-2-4-9/h5,10H,1-4,9H2/t5-/m0/s1. The highest BCUT2D eigenvalue weighted by atomic mass is 127. The molecule has 0 fully saturated rings. The van der Waals surface area contributed by atoms with E-state index in [0.29, 0.717) is 6.54 Å². The van der Waals surface area contributed by atoms with Crippen molar-refractivity contribution >= 4 is 49.2 Å². The van der Waals surface area contributed by atoms with E-state index in [-0.39, 0.29) is 9.83 Å². The van der Waals surface area contributed by atoms with Crippen LogP contribution in [-0.2, 0) is 4.79 Å². The molecular formula is C6H12I2N2O. The summed E-state index contributed by atoms with van der Waals surface area (Å²) in [6, 6.07) is 0.00255. The number of rotatable bonds is 6. The molecule has 0 heterocycles. The highest BCUT2D eigenvalue weighted by molar-refractivity contribution is 14.1. The number of carbonyl (C=O) groups excluding carboxylic acids is 1. The number of hydrogen-bond acceptors (Lipinski definition) is 3. The monoisotopic (exact) mass is 382 g/mol. The van der Waals surface area contributed by atoms with Crippen LogP contribution < -0.4 is 9.26 Å². The summed E-state index contributed by atoms with van der Waals surface area (Å²) in [5, 5.41) is 0. The van der Waals surface area contributed by atoms with Gasteiger partial charge in [-0.25, -0.2) is 3.53 Å². The highest BCUT2D eigenvalue weighted by Gasteiger charge is 2.12. The van der Waals surface area contributed by atoms with Crippen molar-refractivity contribution < 1.29 is 4.79 Å². The molecule has 11 heavy (non-hydrogen) atoms. The van der Waals surface area contributed by atoms with Crippen LogP contribution in [0.1, 0.15) is 19.3 Å². The number of nitrogens with one attached hydrogen (secondary N) is 1. The quantitative estimate of drug-likeness (QED) is 0.316. The van der Waals surface area contributed by atoms with E-state index in [9.17, 15) is 4.79 Å². The summed E-state index contributed by atoms with van der Waals surface area (Å²) < 4.78 is 3.11. The van der Waals surface area contributed by atoms with E-state index >= 15 is 0 Å². The van der Waals surface area contributed by atoms with Gasteiger partial charge in [-0.3, -0.25) is 4.79 Å². The Hall–Kier alpha value is 1.05. The van der Waals surface area contributed by atoms with E-state index in [1.165, 1.54) is 0 Å². The molecule has 0 aromatic heterocycles. The van der Waals surface area contributed by atoms with Gasteiger partial charge in [-0.05, 0) is 19.4 Å².